The molecule has 1 amide bonds. The van der Waals surface area contributed by atoms with Crippen molar-refractivity contribution in [3.63, 3.8) is 0 Å². The normalized spacial score (nSPS) is 20.8. The summed E-state index contributed by atoms with van der Waals surface area (Å²) in [6, 6.07) is 2.76. The summed E-state index contributed by atoms with van der Waals surface area (Å²) < 4.78 is 10.4. The summed E-state index contributed by atoms with van der Waals surface area (Å²) in [6.45, 7) is 0. The predicted molar refractivity (Wildman–Crippen MR) is 74.9 cm³/mol. The third-order valence-corrected chi connectivity index (χ3v) is 4.38. The molecule has 2 aliphatic rings. The van der Waals surface area contributed by atoms with Gasteiger partial charge in [-0.15, -0.1) is 0 Å². The van der Waals surface area contributed by atoms with Gasteiger partial charge in [0.15, 0.2) is 11.5 Å². The van der Waals surface area contributed by atoms with Crippen LogP contribution in [-0.2, 0) is 4.79 Å². The van der Waals surface area contributed by atoms with Gasteiger partial charge in [-0.25, -0.2) is 4.79 Å². The van der Waals surface area contributed by atoms with Gasteiger partial charge in [0.05, 0.1) is 25.5 Å². The van der Waals surface area contributed by atoms with Gasteiger partial charge >= 0.3 is 5.97 Å². The molecule has 0 aromatic heterocycles. The lowest BCUT2D eigenvalue weighted by Gasteiger charge is -2.14. The van der Waals surface area contributed by atoms with Gasteiger partial charge in [0.2, 0.25) is 5.91 Å². The summed E-state index contributed by atoms with van der Waals surface area (Å²) in [5.74, 6) is -0.500. The Hall–Kier alpha value is -2.24. The van der Waals surface area contributed by atoms with Gasteiger partial charge in [-0.2, -0.15) is 0 Å². The minimum absolute atomic E-state index is 0.0416. The molecule has 1 aromatic carbocycles. The number of carbonyl (C=O) groups excluding carboxylic acids is 1. The molecule has 0 radical (unpaired) electrons. The van der Waals surface area contributed by atoms with Gasteiger partial charge < -0.3 is 19.9 Å². The van der Waals surface area contributed by atoms with Crippen molar-refractivity contribution >= 4 is 17.6 Å². The number of anilines is 1. The van der Waals surface area contributed by atoms with E-state index in [0.29, 0.717) is 11.4 Å². The lowest BCUT2D eigenvalue weighted by molar-refractivity contribution is -0.117. The van der Waals surface area contributed by atoms with Crippen molar-refractivity contribution in [1.82, 2.24) is 0 Å². The number of hydrogen-bond acceptors (Lipinski definition) is 4. The van der Waals surface area contributed by atoms with Gasteiger partial charge in [0.1, 0.15) is 0 Å². The monoisotopic (exact) mass is 291 g/mol. The molecule has 21 heavy (non-hydrogen) atoms. The van der Waals surface area contributed by atoms with E-state index in [0.717, 1.165) is 19.3 Å². The van der Waals surface area contributed by atoms with Gasteiger partial charge in [0.25, 0.3) is 0 Å². The molecule has 0 aliphatic heterocycles. The fraction of sp³-hybridized carbons (Fsp3) is 0.467. The first-order valence-electron chi connectivity index (χ1n) is 6.81. The molecule has 1 spiro atoms. The summed E-state index contributed by atoms with van der Waals surface area (Å²) in [6.07, 6.45) is 3.15. The summed E-state index contributed by atoms with van der Waals surface area (Å²) in [5.41, 5.74) is 0.619. The molecule has 2 N–H and O–H groups in total. The van der Waals surface area contributed by atoms with Crippen molar-refractivity contribution in [2.75, 3.05) is 19.5 Å². The van der Waals surface area contributed by atoms with Crippen molar-refractivity contribution in [3.8, 4) is 11.5 Å². The van der Waals surface area contributed by atoms with Crippen molar-refractivity contribution in [3.05, 3.63) is 17.7 Å². The van der Waals surface area contributed by atoms with Crippen LogP contribution < -0.4 is 14.8 Å². The van der Waals surface area contributed by atoms with Crippen LogP contribution in [0.4, 0.5) is 5.69 Å². The Bertz CT molecular complexity index is 621. The van der Waals surface area contributed by atoms with E-state index in [1.807, 2.05) is 0 Å². The van der Waals surface area contributed by atoms with Gasteiger partial charge in [0, 0.05) is 5.92 Å². The number of methoxy groups -OCH3 is 2. The average molecular weight is 291 g/mol. The molecule has 6 heteroatoms. The summed E-state index contributed by atoms with van der Waals surface area (Å²) >= 11 is 0. The third-order valence-electron chi connectivity index (χ3n) is 4.38. The topological polar surface area (TPSA) is 84.9 Å². The molecule has 2 saturated carbocycles. The van der Waals surface area contributed by atoms with Crippen molar-refractivity contribution in [1.29, 1.82) is 0 Å². The molecule has 6 nitrogen and oxygen atoms in total. The average Bonchev–Trinajstić information content (AvgIpc) is 3.38. The SMILES string of the molecule is COc1cc(C(=O)O)cc(NC(=O)C2CC23CC3)c1OC. The van der Waals surface area contributed by atoms with Gasteiger partial charge in [-0.3, -0.25) is 4.79 Å². The Morgan fingerprint density at radius 2 is 2.00 bits per heavy atom. The number of carboxylic acids is 1. The van der Waals surface area contributed by atoms with Crippen molar-refractivity contribution in [2.24, 2.45) is 11.3 Å². The molecular weight excluding hydrogens is 274 g/mol. The second-order valence-electron chi connectivity index (χ2n) is 5.67. The number of amides is 1. The zero-order chi connectivity index (χ0) is 15.2. The van der Waals surface area contributed by atoms with Crippen molar-refractivity contribution < 1.29 is 24.2 Å². The molecular formula is C15H17NO5. The van der Waals surface area contributed by atoms with E-state index < -0.39 is 5.97 Å². The molecule has 2 aliphatic carbocycles. The zero-order valence-corrected chi connectivity index (χ0v) is 11.9. The second kappa shape index (κ2) is 4.65. The maximum atomic E-state index is 12.2. The standard InChI is InChI=1S/C15H17NO5/c1-20-11-6-8(14(18)19)5-10(12(11)21-2)16-13(17)9-7-15(9)3-4-15/h5-6,9H,3-4,7H2,1-2H3,(H,16,17)(H,18,19). The smallest absolute Gasteiger partial charge is 0.335 e. The van der Waals surface area contributed by atoms with E-state index >= 15 is 0 Å². The van der Waals surface area contributed by atoms with Crippen LogP contribution in [-0.4, -0.2) is 31.2 Å². The zero-order valence-electron chi connectivity index (χ0n) is 11.9. The number of nitrogens with one attached hydrogen (secondary N) is 1. The molecule has 112 valence electrons. The first kappa shape index (κ1) is 13.7. The van der Waals surface area contributed by atoms with Crippen LogP contribution in [0.2, 0.25) is 0 Å². The molecule has 3 rings (SSSR count). The van der Waals surface area contributed by atoms with E-state index in [4.69, 9.17) is 14.6 Å². The van der Waals surface area contributed by atoms with E-state index in [9.17, 15) is 9.59 Å². The van der Waals surface area contributed by atoms with Crippen LogP contribution in [0, 0.1) is 11.3 Å². The van der Waals surface area contributed by atoms with Crippen LogP contribution in [0.15, 0.2) is 12.1 Å². The number of carboxylic acid groups (broad SMARTS) is 1. The number of ether oxygens (including phenoxy) is 2. The second-order valence-corrected chi connectivity index (χ2v) is 5.67. The quantitative estimate of drug-likeness (QED) is 0.868. The maximum Gasteiger partial charge on any atom is 0.335 e. The summed E-state index contributed by atoms with van der Waals surface area (Å²) in [5, 5.41) is 11.9. The molecule has 0 saturated heterocycles. The van der Waals surface area contributed by atoms with Gasteiger partial charge in [-0.05, 0) is 36.8 Å². The van der Waals surface area contributed by atoms with Gasteiger partial charge in [-0.1, -0.05) is 0 Å². The van der Waals surface area contributed by atoms with Crippen LogP contribution in [0.3, 0.4) is 0 Å². The maximum absolute atomic E-state index is 12.2. The predicted octanol–water partition coefficient (Wildman–Crippen LogP) is 2.14. The number of benzene rings is 1. The van der Waals surface area contributed by atoms with Crippen LogP contribution >= 0.6 is 0 Å². The Labute approximate surface area is 122 Å². The fourth-order valence-corrected chi connectivity index (χ4v) is 2.83. The first-order valence-corrected chi connectivity index (χ1v) is 6.81. The highest BCUT2D eigenvalue weighted by atomic mass is 16.5. The lowest BCUT2D eigenvalue weighted by Crippen LogP contribution is -2.16. The lowest BCUT2D eigenvalue weighted by atomic mass is 10.1. The number of carbonyl (C=O) groups is 2. The van der Waals surface area contributed by atoms with E-state index in [-0.39, 0.29) is 28.6 Å². The van der Waals surface area contributed by atoms with Crippen LogP contribution in [0.5, 0.6) is 11.5 Å². The number of hydrogen-bond donors (Lipinski definition) is 2. The Morgan fingerprint density at radius 3 is 2.48 bits per heavy atom. The number of rotatable bonds is 5. The van der Waals surface area contributed by atoms with E-state index in [1.165, 1.54) is 26.4 Å². The Morgan fingerprint density at radius 1 is 1.29 bits per heavy atom. The summed E-state index contributed by atoms with van der Waals surface area (Å²) in [4.78, 5) is 23.4. The molecule has 0 heterocycles. The highest BCUT2D eigenvalue weighted by Crippen LogP contribution is 2.70. The molecule has 1 unspecified atom stereocenters. The minimum Gasteiger partial charge on any atom is -0.493 e. The minimum atomic E-state index is -1.09. The Kier molecular flexibility index (Phi) is 3.04. The fourth-order valence-electron chi connectivity index (χ4n) is 2.83. The molecule has 1 aromatic rings. The largest absolute Gasteiger partial charge is 0.493 e. The highest BCUT2D eigenvalue weighted by molar-refractivity contribution is 5.99. The molecule has 0 bridgehead atoms. The van der Waals surface area contributed by atoms with E-state index in [1.54, 1.807) is 0 Å². The summed E-state index contributed by atoms with van der Waals surface area (Å²) in [7, 11) is 2.88. The first-order chi connectivity index (χ1) is 10.0. The van der Waals surface area contributed by atoms with Crippen molar-refractivity contribution in [2.45, 2.75) is 19.3 Å². The Balaban J connectivity index is 1.89. The van der Waals surface area contributed by atoms with E-state index in [2.05, 4.69) is 5.32 Å². The number of aromatic carboxylic acids is 1. The van der Waals surface area contributed by atoms with Crippen LogP contribution in [0.25, 0.3) is 0 Å². The molecule has 2 fully saturated rings. The molecule has 1 atom stereocenters. The van der Waals surface area contributed by atoms with Crippen LogP contribution in [0.1, 0.15) is 29.6 Å². The third kappa shape index (κ3) is 2.30. The highest BCUT2D eigenvalue weighted by Gasteiger charge is 2.65.